The summed E-state index contributed by atoms with van der Waals surface area (Å²) in [5, 5.41) is 24.1. The average molecular weight is 510 g/mol. The highest BCUT2D eigenvalue weighted by Gasteiger charge is 2.25. The molecule has 4 heterocycles. The Morgan fingerprint density at radius 2 is 2.11 bits per heavy atom. The molecule has 0 spiro atoms. The van der Waals surface area contributed by atoms with Crippen molar-refractivity contribution < 1.29 is 19.0 Å². The Balaban J connectivity index is 1.60. The molecular weight excluding hydrogens is 485 g/mol. The van der Waals surface area contributed by atoms with Crippen molar-refractivity contribution >= 4 is 16.9 Å². The molecule has 0 radical (unpaired) electrons. The van der Waals surface area contributed by atoms with Crippen molar-refractivity contribution in [1.82, 2.24) is 35.1 Å². The molecule has 0 fully saturated rings. The zero-order valence-electron chi connectivity index (χ0n) is 19.7. The number of aliphatic hydroxyl groups excluding tert-OH is 1. The molecule has 0 aliphatic heterocycles. The Bertz CT molecular complexity index is 1480. The van der Waals surface area contributed by atoms with Crippen LogP contribution in [0.1, 0.15) is 5.69 Å². The number of aliphatic hydroxyl groups is 1. The Morgan fingerprint density at radius 1 is 1.22 bits per heavy atom. The van der Waals surface area contributed by atoms with Gasteiger partial charge in [0.05, 0.1) is 46.6 Å². The lowest BCUT2D eigenvalue weighted by atomic mass is 10.1. The van der Waals surface area contributed by atoms with E-state index < -0.39 is 5.82 Å². The van der Waals surface area contributed by atoms with Gasteiger partial charge in [-0.1, -0.05) is 6.07 Å². The van der Waals surface area contributed by atoms with Crippen molar-refractivity contribution in [2.45, 2.75) is 6.92 Å². The van der Waals surface area contributed by atoms with Crippen LogP contribution in [0.3, 0.4) is 0 Å². The third-order valence-electron chi connectivity index (χ3n) is 5.52. The summed E-state index contributed by atoms with van der Waals surface area (Å²) >= 11 is 1.36. The number of rotatable bonds is 10. The number of aryl methyl sites for hydroxylation is 1. The first-order valence-corrected chi connectivity index (χ1v) is 12.1. The molecular formula is C24H24FN7O3S. The van der Waals surface area contributed by atoms with Gasteiger partial charge in [-0.15, -0.1) is 11.3 Å². The maximum atomic E-state index is 15.1. The molecule has 0 unspecified atom stereocenters. The fourth-order valence-electron chi connectivity index (χ4n) is 3.92. The molecule has 0 amide bonds. The number of thiazole rings is 1. The van der Waals surface area contributed by atoms with E-state index in [9.17, 15) is 0 Å². The van der Waals surface area contributed by atoms with E-state index in [1.807, 2.05) is 25.3 Å². The number of hydrogen-bond donors (Lipinski definition) is 3. The number of H-pyrrole nitrogens is 1. The van der Waals surface area contributed by atoms with Crippen LogP contribution in [0.2, 0.25) is 0 Å². The zero-order valence-corrected chi connectivity index (χ0v) is 20.5. The second-order valence-corrected chi connectivity index (χ2v) is 8.82. The molecule has 0 saturated carbocycles. The number of aromatic amines is 1. The molecule has 12 heteroatoms. The fourth-order valence-corrected chi connectivity index (χ4v) is 5.04. The summed E-state index contributed by atoms with van der Waals surface area (Å²) in [6.07, 6.45) is 3.23. The van der Waals surface area contributed by atoms with Crippen molar-refractivity contribution in [3.05, 3.63) is 54.4 Å². The van der Waals surface area contributed by atoms with Crippen LogP contribution in [0.4, 0.5) is 4.39 Å². The average Bonchev–Trinajstić information content (AvgIpc) is 3.61. The summed E-state index contributed by atoms with van der Waals surface area (Å²) in [7, 11) is 1.50. The predicted molar refractivity (Wildman–Crippen MR) is 134 cm³/mol. The molecule has 0 saturated heterocycles. The number of halogens is 1. The summed E-state index contributed by atoms with van der Waals surface area (Å²) in [6, 6.07) is 8.41. The third kappa shape index (κ3) is 4.53. The van der Waals surface area contributed by atoms with E-state index in [1.54, 1.807) is 16.6 Å². The van der Waals surface area contributed by atoms with Gasteiger partial charge in [0.2, 0.25) is 0 Å². The van der Waals surface area contributed by atoms with Gasteiger partial charge in [0.15, 0.2) is 5.82 Å². The quantitative estimate of drug-likeness (QED) is 0.245. The molecule has 0 aliphatic carbocycles. The number of nitrogens with one attached hydrogen (secondary N) is 2. The molecule has 186 valence electrons. The smallest absolute Gasteiger partial charge is 0.167 e. The second-order valence-electron chi connectivity index (χ2n) is 7.82. The molecule has 5 aromatic rings. The standard InChI is InChI=1S/C24H24FN7O3S/c1-14-19(17-12-15(6-9-32(17)31-14)35-11-8-26-7-10-33)24-29-21(22(36-24)23-27-13-28-30-23)20-16(25)4-3-5-18(20)34-2/h3-6,9,12-13,26,33H,7-8,10-11H2,1-2H3,(H,27,28,30). The molecule has 4 aromatic heterocycles. The highest BCUT2D eigenvalue weighted by atomic mass is 32.1. The molecule has 36 heavy (non-hydrogen) atoms. The van der Waals surface area contributed by atoms with Crippen LogP contribution in [0, 0.1) is 12.7 Å². The number of fused-ring (bicyclic) bond motifs is 1. The van der Waals surface area contributed by atoms with Crippen LogP contribution in [0.25, 0.3) is 38.0 Å². The maximum absolute atomic E-state index is 15.1. The number of ether oxygens (including phenoxy) is 2. The van der Waals surface area contributed by atoms with E-state index in [0.29, 0.717) is 52.6 Å². The van der Waals surface area contributed by atoms with Gasteiger partial charge in [0, 0.05) is 25.4 Å². The monoisotopic (exact) mass is 509 g/mol. The van der Waals surface area contributed by atoms with Gasteiger partial charge < -0.3 is 19.9 Å². The van der Waals surface area contributed by atoms with Crippen molar-refractivity contribution in [2.24, 2.45) is 0 Å². The van der Waals surface area contributed by atoms with E-state index in [-0.39, 0.29) is 12.2 Å². The minimum absolute atomic E-state index is 0.0784. The third-order valence-corrected chi connectivity index (χ3v) is 6.60. The van der Waals surface area contributed by atoms with Crippen LogP contribution >= 0.6 is 11.3 Å². The van der Waals surface area contributed by atoms with Gasteiger partial charge >= 0.3 is 0 Å². The Morgan fingerprint density at radius 3 is 2.89 bits per heavy atom. The first-order chi connectivity index (χ1) is 17.6. The van der Waals surface area contributed by atoms with E-state index in [0.717, 1.165) is 16.8 Å². The predicted octanol–water partition coefficient (Wildman–Crippen LogP) is 3.33. The summed E-state index contributed by atoms with van der Waals surface area (Å²) in [6.45, 7) is 3.55. The lowest BCUT2D eigenvalue weighted by molar-refractivity contribution is 0.276. The normalized spacial score (nSPS) is 11.3. The Labute approximate surface area is 209 Å². The van der Waals surface area contributed by atoms with E-state index >= 15 is 4.39 Å². The molecule has 10 nitrogen and oxygen atoms in total. The van der Waals surface area contributed by atoms with Crippen molar-refractivity contribution in [2.75, 3.05) is 33.4 Å². The van der Waals surface area contributed by atoms with E-state index in [1.165, 1.54) is 30.8 Å². The van der Waals surface area contributed by atoms with Gasteiger partial charge in [0.1, 0.15) is 35.3 Å². The second kappa shape index (κ2) is 10.4. The maximum Gasteiger partial charge on any atom is 0.167 e. The van der Waals surface area contributed by atoms with E-state index in [2.05, 4.69) is 25.6 Å². The summed E-state index contributed by atoms with van der Waals surface area (Å²) in [5.41, 5.74) is 3.04. The largest absolute Gasteiger partial charge is 0.496 e. The molecule has 0 bridgehead atoms. The van der Waals surface area contributed by atoms with Crippen LogP contribution in [-0.4, -0.2) is 68.3 Å². The van der Waals surface area contributed by atoms with Gasteiger partial charge in [-0.3, -0.25) is 5.10 Å². The van der Waals surface area contributed by atoms with Gasteiger partial charge in [-0.25, -0.2) is 18.9 Å². The van der Waals surface area contributed by atoms with Crippen molar-refractivity contribution in [3.63, 3.8) is 0 Å². The zero-order chi connectivity index (χ0) is 25.1. The van der Waals surface area contributed by atoms with Gasteiger partial charge in [0.25, 0.3) is 0 Å². The van der Waals surface area contributed by atoms with Crippen LogP contribution < -0.4 is 14.8 Å². The topological polar surface area (TPSA) is 122 Å². The first kappa shape index (κ1) is 23.9. The van der Waals surface area contributed by atoms with Crippen molar-refractivity contribution in [1.29, 1.82) is 0 Å². The number of benzene rings is 1. The number of nitrogens with zero attached hydrogens (tertiary/aromatic N) is 5. The summed E-state index contributed by atoms with van der Waals surface area (Å²) in [5.74, 6) is 1.08. The minimum Gasteiger partial charge on any atom is -0.496 e. The number of hydrogen-bond acceptors (Lipinski definition) is 9. The van der Waals surface area contributed by atoms with Crippen LogP contribution in [0.15, 0.2) is 42.9 Å². The lowest BCUT2D eigenvalue weighted by Crippen LogP contribution is -2.23. The Kier molecular flexibility index (Phi) is 6.89. The van der Waals surface area contributed by atoms with Crippen LogP contribution in [-0.2, 0) is 0 Å². The molecule has 0 atom stereocenters. The van der Waals surface area contributed by atoms with Gasteiger partial charge in [-0.2, -0.15) is 10.2 Å². The SMILES string of the molecule is COc1cccc(F)c1-c1nc(-c2c(C)nn3ccc(OCCNCCO)cc23)sc1-c1ncn[nH]1. The lowest BCUT2D eigenvalue weighted by Gasteiger charge is -2.08. The molecule has 0 aliphatic rings. The van der Waals surface area contributed by atoms with Crippen LogP contribution in [0.5, 0.6) is 11.5 Å². The molecule has 5 rings (SSSR count). The van der Waals surface area contributed by atoms with E-state index in [4.69, 9.17) is 19.6 Å². The summed E-state index contributed by atoms with van der Waals surface area (Å²) < 4.78 is 28.2. The number of pyridine rings is 1. The molecule has 1 aromatic carbocycles. The van der Waals surface area contributed by atoms with Gasteiger partial charge in [-0.05, 0) is 25.1 Å². The molecule has 3 N–H and O–H groups in total. The summed E-state index contributed by atoms with van der Waals surface area (Å²) in [4.78, 5) is 9.78. The number of methoxy groups -OCH3 is 1. The number of aromatic nitrogens is 6. The highest BCUT2D eigenvalue weighted by Crippen LogP contribution is 2.44. The Hall–Kier alpha value is -3.87. The first-order valence-electron chi connectivity index (χ1n) is 11.2. The highest BCUT2D eigenvalue weighted by molar-refractivity contribution is 7.19. The van der Waals surface area contributed by atoms with Crippen molar-refractivity contribution in [3.8, 4) is 44.0 Å². The fraction of sp³-hybridized carbons (Fsp3) is 0.250. The minimum atomic E-state index is -0.450.